The van der Waals surface area contributed by atoms with E-state index in [1.54, 1.807) is 7.11 Å². The zero-order chi connectivity index (χ0) is 17.1. The van der Waals surface area contributed by atoms with Crippen molar-refractivity contribution >= 4 is 17.5 Å². The summed E-state index contributed by atoms with van der Waals surface area (Å²) in [5.74, 6) is 1.75. The highest BCUT2D eigenvalue weighted by Gasteiger charge is 2.16. The van der Waals surface area contributed by atoms with Crippen LogP contribution in [0.5, 0.6) is 5.75 Å². The molecule has 0 bridgehead atoms. The molecule has 0 aliphatic carbocycles. The molecule has 4 rings (SSSR count). The van der Waals surface area contributed by atoms with Crippen LogP contribution in [0.2, 0.25) is 0 Å². The van der Waals surface area contributed by atoms with Gasteiger partial charge in [-0.05, 0) is 54.4 Å². The molecule has 2 aliphatic heterocycles. The second kappa shape index (κ2) is 7.19. The Kier molecular flexibility index (Phi) is 4.61. The van der Waals surface area contributed by atoms with Crippen molar-refractivity contribution in [3.63, 3.8) is 0 Å². The summed E-state index contributed by atoms with van der Waals surface area (Å²) in [7, 11) is 1.68. The van der Waals surface area contributed by atoms with Crippen LogP contribution in [0.3, 0.4) is 0 Å². The highest BCUT2D eigenvalue weighted by atomic mass is 16.5. The fourth-order valence-electron chi connectivity index (χ4n) is 3.44. The molecule has 0 unspecified atom stereocenters. The molecule has 2 aromatic rings. The monoisotopic (exact) mass is 336 g/mol. The molecule has 130 valence electrons. The van der Waals surface area contributed by atoms with Gasteiger partial charge < -0.3 is 19.7 Å². The Bertz CT molecular complexity index is 777. The van der Waals surface area contributed by atoms with Crippen LogP contribution in [-0.4, -0.2) is 33.3 Å². The van der Waals surface area contributed by atoms with Gasteiger partial charge in [0.1, 0.15) is 18.1 Å². The quantitative estimate of drug-likeness (QED) is 0.930. The Morgan fingerprint density at radius 1 is 1.08 bits per heavy atom. The third-order valence-electron chi connectivity index (χ3n) is 4.86. The summed E-state index contributed by atoms with van der Waals surface area (Å²) in [6.07, 6.45) is 3.31. The molecule has 2 aliphatic rings. The first-order valence-corrected chi connectivity index (χ1v) is 8.91. The Labute approximate surface area is 149 Å². The summed E-state index contributed by atoms with van der Waals surface area (Å²) in [5.41, 5.74) is 4.83. The van der Waals surface area contributed by atoms with E-state index in [1.807, 2.05) is 18.2 Å². The summed E-state index contributed by atoms with van der Waals surface area (Å²) >= 11 is 0. The van der Waals surface area contributed by atoms with Crippen molar-refractivity contribution in [3.05, 3.63) is 59.2 Å². The second-order valence-electron chi connectivity index (χ2n) is 6.50. The minimum absolute atomic E-state index is 0.609. The predicted molar refractivity (Wildman–Crippen MR) is 102 cm³/mol. The van der Waals surface area contributed by atoms with Crippen molar-refractivity contribution < 1.29 is 9.47 Å². The van der Waals surface area contributed by atoms with E-state index in [-0.39, 0.29) is 0 Å². The van der Waals surface area contributed by atoms with Crippen molar-refractivity contribution in [3.8, 4) is 5.75 Å². The third-order valence-corrected chi connectivity index (χ3v) is 4.86. The maximum Gasteiger partial charge on any atom is 0.127 e. The van der Waals surface area contributed by atoms with E-state index in [2.05, 4.69) is 40.6 Å². The minimum Gasteiger partial charge on any atom is -0.497 e. The lowest BCUT2D eigenvalue weighted by atomic mass is 10.0. The molecule has 0 amide bonds. The molecule has 0 radical (unpaired) electrons. The third kappa shape index (κ3) is 3.49. The summed E-state index contributed by atoms with van der Waals surface area (Å²) in [5, 5.41) is 3.46. The van der Waals surface area contributed by atoms with Crippen molar-refractivity contribution in [1.82, 2.24) is 5.32 Å². The topological polar surface area (TPSA) is 33.7 Å². The smallest absolute Gasteiger partial charge is 0.127 e. The molecular weight excluding hydrogens is 312 g/mol. The molecule has 1 saturated heterocycles. The summed E-state index contributed by atoms with van der Waals surface area (Å²) < 4.78 is 11.3. The van der Waals surface area contributed by atoms with Gasteiger partial charge in [-0.1, -0.05) is 18.2 Å². The number of benzene rings is 2. The predicted octanol–water partition coefficient (Wildman–Crippen LogP) is 3.52. The minimum atomic E-state index is 0.609. The highest BCUT2D eigenvalue weighted by Crippen LogP contribution is 2.32. The maximum absolute atomic E-state index is 6.03. The van der Waals surface area contributed by atoms with Gasteiger partial charge >= 0.3 is 0 Å². The average molecular weight is 336 g/mol. The number of methoxy groups -OCH3 is 1. The zero-order valence-corrected chi connectivity index (χ0v) is 14.6. The Hall–Kier alpha value is -2.46. The van der Waals surface area contributed by atoms with Crippen LogP contribution in [0.1, 0.15) is 23.1 Å². The molecule has 2 heterocycles. The van der Waals surface area contributed by atoms with Gasteiger partial charge in [0, 0.05) is 30.9 Å². The molecule has 4 nitrogen and oxygen atoms in total. The fraction of sp³-hybridized carbons (Fsp3) is 0.333. The molecule has 4 heteroatoms. The molecule has 0 atom stereocenters. The Balaban J connectivity index is 1.59. The van der Waals surface area contributed by atoms with E-state index in [1.165, 1.54) is 23.2 Å². The second-order valence-corrected chi connectivity index (χ2v) is 6.50. The number of rotatable bonds is 3. The van der Waals surface area contributed by atoms with Crippen molar-refractivity contribution in [1.29, 1.82) is 0 Å². The lowest BCUT2D eigenvalue weighted by Crippen LogP contribution is -2.27. The lowest BCUT2D eigenvalue weighted by Gasteiger charge is -2.25. The fourth-order valence-corrected chi connectivity index (χ4v) is 3.44. The first-order valence-electron chi connectivity index (χ1n) is 8.91. The SMILES string of the molecule is COc1cccc(C2=Cc3ccc(N4CCCNCC4)cc3CO2)c1. The van der Waals surface area contributed by atoms with Gasteiger partial charge in [0.25, 0.3) is 0 Å². The van der Waals surface area contributed by atoms with Gasteiger partial charge in [0.15, 0.2) is 0 Å². The van der Waals surface area contributed by atoms with E-state index >= 15 is 0 Å². The maximum atomic E-state index is 6.03. The average Bonchev–Trinajstić information content (AvgIpc) is 2.97. The van der Waals surface area contributed by atoms with Crippen molar-refractivity contribution in [2.45, 2.75) is 13.0 Å². The summed E-state index contributed by atoms with van der Waals surface area (Å²) in [4.78, 5) is 2.46. The van der Waals surface area contributed by atoms with E-state index < -0.39 is 0 Å². The highest BCUT2D eigenvalue weighted by molar-refractivity contribution is 5.81. The molecule has 1 N–H and O–H groups in total. The van der Waals surface area contributed by atoms with Gasteiger partial charge in [-0.2, -0.15) is 0 Å². The van der Waals surface area contributed by atoms with Crippen LogP contribution >= 0.6 is 0 Å². The van der Waals surface area contributed by atoms with Gasteiger partial charge in [0.2, 0.25) is 0 Å². The van der Waals surface area contributed by atoms with Crippen molar-refractivity contribution in [2.24, 2.45) is 0 Å². The Morgan fingerprint density at radius 2 is 2.04 bits per heavy atom. The largest absolute Gasteiger partial charge is 0.497 e. The molecule has 0 aromatic heterocycles. The van der Waals surface area contributed by atoms with Gasteiger partial charge in [0.05, 0.1) is 7.11 Å². The van der Waals surface area contributed by atoms with Gasteiger partial charge in [-0.25, -0.2) is 0 Å². The van der Waals surface area contributed by atoms with Gasteiger partial charge in [-0.15, -0.1) is 0 Å². The molecule has 25 heavy (non-hydrogen) atoms. The summed E-state index contributed by atoms with van der Waals surface area (Å²) in [6, 6.07) is 14.7. The van der Waals surface area contributed by atoms with Crippen LogP contribution in [0.4, 0.5) is 5.69 Å². The number of anilines is 1. The van der Waals surface area contributed by atoms with E-state index in [4.69, 9.17) is 9.47 Å². The zero-order valence-electron chi connectivity index (χ0n) is 14.6. The van der Waals surface area contributed by atoms with Crippen LogP contribution < -0.4 is 15.0 Å². The van der Waals surface area contributed by atoms with Crippen molar-refractivity contribution in [2.75, 3.05) is 38.2 Å². The molecule has 0 saturated carbocycles. The molecule has 0 spiro atoms. The van der Waals surface area contributed by atoms with Crippen LogP contribution in [-0.2, 0) is 11.3 Å². The van der Waals surface area contributed by atoms with Crippen LogP contribution in [0.25, 0.3) is 11.8 Å². The number of ether oxygens (including phenoxy) is 2. The number of hydrogen-bond donors (Lipinski definition) is 1. The number of hydrogen-bond acceptors (Lipinski definition) is 4. The number of fused-ring (bicyclic) bond motifs is 1. The van der Waals surface area contributed by atoms with E-state index in [0.717, 1.165) is 43.3 Å². The van der Waals surface area contributed by atoms with E-state index in [9.17, 15) is 0 Å². The first kappa shape index (κ1) is 16.0. The molecule has 2 aromatic carbocycles. The number of nitrogens with one attached hydrogen (secondary N) is 1. The van der Waals surface area contributed by atoms with Gasteiger partial charge in [-0.3, -0.25) is 0 Å². The molecular formula is C21H24N2O2. The van der Waals surface area contributed by atoms with E-state index in [0.29, 0.717) is 6.61 Å². The standard InChI is InChI=1S/C21H24N2O2/c1-24-20-5-2-4-17(13-20)21-14-16-6-7-19(12-18(16)15-25-21)23-10-3-8-22-9-11-23/h2,4-7,12-14,22H,3,8-11,15H2,1H3. The first-order chi connectivity index (χ1) is 12.3. The molecule has 1 fully saturated rings. The Morgan fingerprint density at radius 3 is 2.96 bits per heavy atom. The van der Waals surface area contributed by atoms with Crippen LogP contribution in [0, 0.1) is 0 Å². The lowest BCUT2D eigenvalue weighted by molar-refractivity contribution is 0.262. The number of nitrogens with zero attached hydrogens (tertiary/aromatic N) is 1. The normalized spacial score (nSPS) is 17.2. The summed E-state index contributed by atoms with van der Waals surface area (Å²) in [6.45, 7) is 4.94. The van der Waals surface area contributed by atoms with Crippen LogP contribution in [0.15, 0.2) is 42.5 Å².